The van der Waals surface area contributed by atoms with Crippen molar-refractivity contribution in [3.05, 3.63) is 35.9 Å². The van der Waals surface area contributed by atoms with Crippen LogP contribution < -0.4 is 0 Å². The smallest absolute Gasteiger partial charge is 0.345 e. The Balaban J connectivity index is 2.43. The van der Waals surface area contributed by atoms with Gasteiger partial charge in [0.25, 0.3) is 0 Å². The SMILES string of the molecule is O=C(CCC(F)Cl)OC(=O)c1ccccc1. The standard InChI is InChI=1S/C11H10ClFO3/c12-9(13)6-7-10(14)16-11(15)8-4-2-1-3-5-8/h1-5,9H,6-7H2. The molecule has 1 aromatic carbocycles. The molecule has 0 saturated carbocycles. The van der Waals surface area contributed by atoms with Crippen molar-refractivity contribution in [3.8, 4) is 0 Å². The van der Waals surface area contributed by atoms with E-state index >= 15 is 0 Å². The molecule has 3 nitrogen and oxygen atoms in total. The quantitative estimate of drug-likeness (QED) is 0.465. The summed E-state index contributed by atoms with van der Waals surface area (Å²) in [5.41, 5.74) is -1.32. The molecule has 0 aromatic heterocycles. The molecule has 0 aliphatic heterocycles. The molecular weight excluding hydrogens is 235 g/mol. The molecule has 0 spiro atoms. The molecule has 0 bridgehead atoms. The van der Waals surface area contributed by atoms with Gasteiger partial charge in [-0.15, -0.1) is 0 Å². The van der Waals surface area contributed by atoms with Crippen LogP contribution >= 0.6 is 11.6 Å². The lowest BCUT2D eigenvalue weighted by atomic mass is 10.2. The van der Waals surface area contributed by atoms with E-state index in [1.54, 1.807) is 18.2 Å². The van der Waals surface area contributed by atoms with Crippen molar-refractivity contribution in [2.24, 2.45) is 0 Å². The van der Waals surface area contributed by atoms with Gasteiger partial charge in [-0.2, -0.15) is 0 Å². The largest absolute Gasteiger partial charge is 0.389 e. The third kappa shape index (κ3) is 4.40. The van der Waals surface area contributed by atoms with E-state index in [4.69, 9.17) is 11.6 Å². The number of alkyl halides is 2. The van der Waals surface area contributed by atoms with E-state index < -0.39 is 17.6 Å². The van der Waals surface area contributed by atoms with E-state index in [1.165, 1.54) is 12.1 Å². The highest BCUT2D eigenvalue weighted by molar-refractivity contribution is 6.19. The molecule has 0 saturated heterocycles. The second-order valence-corrected chi connectivity index (χ2v) is 3.53. The fourth-order valence-corrected chi connectivity index (χ4v) is 1.12. The molecule has 1 aromatic rings. The maximum Gasteiger partial charge on any atom is 0.345 e. The minimum Gasteiger partial charge on any atom is -0.389 e. The molecule has 5 heteroatoms. The van der Waals surface area contributed by atoms with Crippen LogP contribution in [0, 0.1) is 0 Å². The Kier molecular flexibility index (Phi) is 4.92. The lowest BCUT2D eigenvalue weighted by molar-refractivity contribution is -0.138. The van der Waals surface area contributed by atoms with Crippen molar-refractivity contribution in [2.45, 2.75) is 18.5 Å². The number of ether oxygens (including phenoxy) is 1. The topological polar surface area (TPSA) is 43.4 Å². The van der Waals surface area contributed by atoms with Gasteiger partial charge in [0, 0.05) is 6.42 Å². The predicted molar refractivity (Wildman–Crippen MR) is 56.8 cm³/mol. The summed E-state index contributed by atoms with van der Waals surface area (Å²) in [7, 11) is 0. The number of carbonyl (C=O) groups excluding carboxylic acids is 2. The number of halogens is 2. The molecule has 0 radical (unpaired) electrons. The Labute approximate surface area is 97.2 Å². The Bertz CT molecular complexity index is 365. The number of hydrogen-bond acceptors (Lipinski definition) is 3. The average molecular weight is 245 g/mol. The first kappa shape index (κ1) is 12.6. The summed E-state index contributed by atoms with van der Waals surface area (Å²) in [5, 5.41) is 0. The first-order valence-corrected chi connectivity index (χ1v) is 5.11. The lowest BCUT2D eigenvalue weighted by Gasteiger charge is -2.02. The number of esters is 2. The van der Waals surface area contributed by atoms with Crippen LogP contribution in [0.25, 0.3) is 0 Å². The summed E-state index contributed by atoms with van der Waals surface area (Å²) < 4.78 is 16.7. The lowest BCUT2D eigenvalue weighted by Crippen LogP contribution is -2.13. The predicted octanol–water partition coefficient (Wildman–Crippen LogP) is 2.68. The highest BCUT2D eigenvalue weighted by Gasteiger charge is 2.13. The van der Waals surface area contributed by atoms with E-state index in [0.717, 1.165) is 0 Å². The molecule has 1 atom stereocenters. The Morgan fingerprint density at radius 3 is 2.50 bits per heavy atom. The zero-order chi connectivity index (χ0) is 12.0. The molecule has 0 aliphatic rings. The summed E-state index contributed by atoms with van der Waals surface area (Å²) in [5.74, 6) is -1.52. The minimum atomic E-state index is -1.60. The van der Waals surface area contributed by atoms with E-state index in [0.29, 0.717) is 0 Å². The number of benzene rings is 1. The van der Waals surface area contributed by atoms with Crippen LogP contribution in [0.15, 0.2) is 30.3 Å². The van der Waals surface area contributed by atoms with Gasteiger partial charge in [0.1, 0.15) is 0 Å². The molecule has 0 heterocycles. The number of hydrogen-bond donors (Lipinski definition) is 0. The fourth-order valence-electron chi connectivity index (χ4n) is 1.01. The molecule has 0 aliphatic carbocycles. The molecule has 1 unspecified atom stereocenters. The van der Waals surface area contributed by atoms with Gasteiger partial charge >= 0.3 is 11.9 Å². The highest BCUT2D eigenvalue weighted by atomic mass is 35.5. The molecule has 0 fully saturated rings. The fraction of sp³-hybridized carbons (Fsp3) is 0.273. The van der Waals surface area contributed by atoms with Gasteiger partial charge in [-0.25, -0.2) is 9.18 Å². The van der Waals surface area contributed by atoms with Crippen LogP contribution in [-0.2, 0) is 9.53 Å². The molecule has 1 rings (SSSR count). The van der Waals surface area contributed by atoms with E-state index in [2.05, 4.69) is 4.74 Å². The summed E-state index contributed by atoms with van der Waals surface area (Å²) >= 11 is 5.02. The van der Waals surface area contributed by atoms with E-state index in [-0.39, 0.29) is 18.4 Å². The maximum absolute atomic E-state index is 12.2. The van der Waals surface area contributed by atoms with E-state index in [9.17, 15) is 14.0 Å². The summed E-state index contributed by atoms with van der Waals surface area (Å²) in [4.78, 5) is 22.4. The van der Waals surface area contributed by atoms with E-state index in [1.807, 2.05) is 0 Å². The van der Waals surface area contributed by atoms with Gasteiger partial charge in [-0.3, -0.25) is 4.79 Å². The van der Waals surface area contributed by atoms with Crippen molar-refractivity contribution in [1.82, 2.24) is 0 Å². The molecule has 0 N–H and O–H groups in total. The van der Waals surface area contributed by atoms with Crippen LogP contribution in [0.4, 0.5) is 4.39 Å². The monoisotopic (exact) mass is 244 g/mol. The normalized spacial score (nSPS) is 11.9. The number of rotatable bonds is 4. The Morgan fingerprint density at radius 1 is 1.31 bits per heavy atom. The number of carbonyl (C=O) groups is 2. The van der Waals surface area contributed by atoms with Crippen LogP contribution in [0.1, 0.15) is 23.2 Å². The van der Waals surface area contributed by atoms with Gasteiger partial charge in [0.15, 0.2) is 5.63 Å². The van der Waals surface area contributed by atoms with Gasteiger partial charge in [0.2, 0.25) is 0 Å². The van der Waals surface area contributed by atoms with Crippen LogP contribution in [-0.4, -0.2) is 17.6 Å². The van der Waals surface area contributed by atoms with Gasteiger partial charge in [-0.05, 0) is 12.1 Å². The van der Waals surface area contributed by atoms with Crippen LogP contribution in [0.3, 0.4) is 0 Å². The van der Waals surface area contributed by atoms with Gasteiger partial charge in [-0.1, -0.05) is 29.8 Å². The Morgan fingerprint density at radius 2 is 1.94 bits per heavy atom. The van der Waals surface area contributed by atoms with Gasteiger partial charge < -0.3 is 4.74 Å². The van der Waals surface area contributed by atoms with Crippen LogP contribution in [0.2, 0.25) is 0 Å². The van der Waals surface area contributed by atoms with Gasteiger partial charge in [0.05, 0.1) is 12.0 Å². The first-order valence-electron chi connectivity index (χ1n) is 4.68. The molecule has 16 heavy (non-hydrogen) atoms. The Hall–Kier alpha value is -1.42. The first-order chi connectivity index (χ1) is 7.59. The second kappa shape index (κ2) is 6.23. The maximum atomic E-state index is 12.2. The zero-order valence-electron chi connectivity index (χ0n) is 8.36. The summed E-state index contributed by atoms with van der Waals surface area (Å²) in [6, 6.07) is 8.08. The second-order valence-electron chi connectivity index (χ2n) is 3.06. The summed E-state index contributed by atoms with van der Waals surface area (Å²) in [6.07, 6.45) is -0.383. The van der Waals surface area contributed by atoms with Crippen molar-refractivity contribution >= 4 is 23.5 Å². The highest BCUT2D eigenvalue weighted by Crippen LogP contribution is 2.08. The third-order valence-corrected chi connectivity index (χ3v) is 2.00. The summed E-state index contributed by atoms with van der Waals surface area (Å²) in [6.45, 7) is 0. The third-order valence-electron chi connectivity index (χ3n) is 1.78. The van der Waals surface area contributed by atoms with Crippen molar-refractivity contribution < 1.29 is 18.7 Å². The van der Waals surface area contributed by atoms with Crippen LogP contribution in [0.5, 0.6) is 0 Å². The molecule has 0 amide bonds. The van der Waals surface area contributed by atoms with Crippen molar-refractivity contribution in [2.75, 3.05) is 0 Å². The minimum absolute atomic E-state index is 0.164. The van der Waals surface area contributed by atoms with Crippen molar-refractivity contribution in [1.29, 1.82) is 0 Å². The molecular formula is C11H10ClFO3. The zero-order valence-corrected chi connectivity index (χ0v) is 9.11. The molecule has 86 valence electrons. The average Bonchev–Trinajstić information content (AvgIpc) is 2.27. The van der Waals surface area contributed by atoms with Crippen molar-refractivity contribution in [3.63, 3.8) is 0 Å².